The Hall–Kier alpha value is -3.35. The summed E-state index contributed by atoms with van der Waals surface area (Å²) in [4.78, 5) is 4.09. The van der Waals surface area contributed by atoms with E-state index in [-0.39, 0.29) is 18.4 Å². The molecule has 1 heterocycles. The molecule has 0 saturated carbocycles. The zero-order chi connectivity index (χ0) is 18.5. The Morgan fingerprint density at radius 2 is 2.04 bits per heavy atom. The van der Waals surface area contributed by atoms with Crippen LogP contribution in [0.4, 0.5) is 10.3 Å². The minimum atomic E-state index is -0.320. The first-order valence-corrected chi connectivity index (χ1v) is 7.97. The molecule has 0 aliphatic carbocycles. The fraction of sp³-hybridized carbons (Fsp3) is 0.158. The minimum absolute atomic E-state index is 0.0697. The Kier molecular flexibility index (Phi) is 5.17. The van der Waals surface area contributed by atoms with Gasteiger partial charge in [-0.15, -0.1) is 0 Å². The monoisotopic (exact) mass is 354 g/mol. The van der Waals surface area contributed by atoms with Gasteiger partial charge < -0.3 is 15.2 Å². The maximum absolute atomic E-state index is 13.8. The number of imidazole rings is 1. The molecule has 3 aromatic rings. The summed E-state index contributed by atoms with van der Waals surface area (Å²) in [5.41, 5.74) is 7.68. The van der Waals surface area contributed by atoms with Crippen LogP contribution in [0.3, 0.4) is 0 Å². The molecule has 26 heavy (non-hydrogen) atoms. The molecule has 134 valence electrons. The summed E-state index contributed by atoms with van der Waals surface area (Å²) in [7, 11) is 1.55. The molecule has 0 bridgehead atoms. The average molecular weight is 354 g/mol. The maximum atomic E-state index is 13.8. The summed E-state index contributed by atoms with van der Waals surface area (Å²) in [6.45, 7) is 1.90. The van der Waals surface area contributed by atoms with Crippen molar-refractivity contribution in [3.05, 3.63) is 71.3 Å². The van der Waals surface area contributed by atoms with Crippen LogP contribution in [0.1, 0.15) is 16.8 Å². The van der Waals surface area contributed by atoms with E-state index < -0.39 is 0 Å². The Labute approximate surface area is 150 Å². The van der Waals surface area contributed by atoms with Gasteiger partial charge in [-0.25, -0.2) is 14.1 Å². The van der Waals surface area contributed by atoms with Gasteiger partial charge in [-0.1, -0.05) is 24.3 Å². The van der Waals surface area contributed by atoms with Gasteiger partial charge in [0.25, 0.3) is 0 Å². The average Bonchev–Trinajstić information content (AvgIpc) is 2.96. The summed E-state index contributed by atoms with van der Waals surface area (Å²) >= 11 is 0. The first-order valence-electron chi connectivity index (χ1n) is 7.97. The molecule has 0 amide bonds. The lowest BCUT2D eigenvalue weighted by Gasteiger charge is -2.13. The van der Waals surface area contributed by atoms with Crippen molar-refractivity contribution >= 4 is 12.2 Å². The van der Waals surface area contributed by atoms with Crippen molar-refractivity contribution < 1.29 is 13.9 Å². The number of nitrogen functional groups attached to an aromatic ring is 1. The van der Waals surface area contributed by atoms with E-state index in [0.717, 1.165) is 5.69 Å². The van der Waals surface area contributed by atoms with E-state index in [2.05, 4.69) is 10.1 Å². The number of ether oxygens (including phenoxy) is 2. The molecule has 3 rings (SSSR count). The van der Waals surface area contributed by atoms with Crippen molar-refractivity contribution in [2.45, 2.75) is 13.5 Å². The van der Waals surface area contributed by atoms with Crippen molar-refractivity contribution in [1.82, 2.24) is 9.66 Å². The standard InChI is InChI=1S/C19H19FN4O2/c1-13-11-24(19(21)23-13)22-10-14-7-5-9-17(25-2)18(14)26-12-15-6-3-4-8-16(15)20/h3-11H,12H2,1-2H3,(H2,21,23). The molecule has 0 aliphatic rings. The lowest BCUT2D eigenvalue weighted by molar-refractivity contribution is 0.279. The van der Waals surface area contributed by atoms with Crippen molar-refractivity contribution in [2.24, 2.45) is 5.10 Å². The Morgan fingerprint density at radius 1 is 1.23 bits per heavy atom. The van der Waals surface area contributed by atoms with Gasteiger partial charge in [-0.3, -0.25) is 0 Å². The van der Waals surface area contributed by atoms with Crippen LogP contribution in [0, 0.1) is 12.7 Å². The van der Waals surface area contributed by atoms with Gasteiger partial charge in [0.1, 0.15) is 12.4 Å². The summed E-state index contributed by atoms with van der Waals surface area (Å²) in [5, 5.41) is 4.30. The lowest BCUT2D eigenvalue weighted by Crippen LogP contribution is -2.03. The van der Waals surface area contributed by atoms with Crippen LogP contribution < -0.4 is 15.2 Å². The summed E-state index contributed by atoms with van der Waals surface area (Å²) in [6, 6.07) is 11.9. The number of rotatable bonds is 6. The minimum Gasteiger partial charge on any atom is -0.493 e. The number of hydrogen-bond acceptors (Lipinski definition) is 5. The van der Waals surface area contributed by atoms with Crippen molar-refractivity contribution in [3.63, 3.8) is 0 Å². The van der Waals surface area contributed by atoms with Crippen LogP contribution in [0.15, 0.2) is 53.8 Å². The molecule has 1 aromatic heterocycles. The normalized spacial score (nSPS) is 11.0. The third kappa shape index (κ3) is 3.83. The topological polar surface area (TPSA) is 74.7 Å². The van der Waals surface area contributed by atoms with Crippen LogP contribution in [0.2, 0.25) is 0 Å². The smallest absolute Gasteiger partial charge is 0.221 e. The number of nitrogens with two attached hydrogens (primary N) is 1. The van der Waals surface area contributed by atoms with Gasteiger partial charge in [0, 0.05) is 11.1 Å². The SMILES string of the molecule is COc1cccc(C=Nn2cc(C)nc2N)c1OCc1ccccc1F. The third-order valence-corrected chi connectivity index (χ3v) is 3.72. The van der Waals surface area contributed by atoms with Crippen molar-refractivity contribution in [1.29, 1.82) is 0 Å². The van der Waals surface area contributed by atoms with Gasteiger partial charge in [0.15, 0.2) is 11.5 Å². The highest BCUT2D eigenvalue weighted by Gasteiger charge is 2.11. The Morgan fingerprint density at radius 3 is 2.73 bits per heavy atom. The first kappa shape index (κ1) is 17.5. The molecule has 0 spiro atoms. The van der Waals surface area contributed by atoms with Crippen LogP contribution >= 0.6 is 0 Å². The molecule has 7 heteroatoms. The summed E-state index contributed by atoms with van der Waals surface area (Å²) in [6.07, 6.45) is 3.31. The second-order valence-corrected chi connectivity index (χ2v) is 5.59. The molecule has 0 atom stereocenters. The van der Waals surface area contributed by atoms with Crippen LogP contribution in [0.5, 0.6) is 11.5 Å². The molecule has 6 nitrogen and oxygen atoms in total. The predicted molar refractivity (Wildman–Crippen MR) is 98.1 cm³/mol. The number of anilines is 1. The quantitative estimate of drug-likeness (QED) is 0.689. The first-order chi connectivity index (χ1) is 12.6. The highest BCUT2D eigenvalue weighted by atomic mass is 19.1. The number of aryl methyl sites for hydroxylation is 1. The van der Waals surface area contributed by atoms with E-state index in [0.29, 0.717) is 22.6 Å². The van der Waals surface area contributed by atoms with E-state index >= 15 is 0 Å². The van der Waals surface area contributed by atoms with E-state index in [1.54, 1.807) is 43.8 Å². The second kappa shape index (κ2) is 7.69. The Bertz CT molecular complexity index is 937. The van der Waals surface area contributed by atoms with E-state index in [1.807, 2.05) is 19.1 Å². The van der Waals surface area contributed by atoms with Gasteiger partial charge in [0.05, 0.1) is 25.2 Å². The molecular weight excluding hydrogens is 335 g/mol. The molecule has 0 saturated heterocycles. The van der Waals surface area contributed by atoms with Gasteiger partial charge >= 0.3 is 0 Å². The lowest BCUT2D eigenvalue weighted by atomic mass is 10.2. The van der Waals surface area contributed by atoms with Crippen LogP contribution in [-0.2, 0) is 6.61 Å². The highest BCUT2D eigenvalue weighted by Crippen LogP contribution is 2.31. The van der Waals surface area contributed by atoms with Gasteiger partial charge in [-0.05, 0) is 25.1 Å². The predicted octanol–water partition coefficient (Wildman–Crippen LogP) is 3.38. The molecule has 0 aliphatic heterocycles. The van der Waals surface area contributed by atoms with E-state index in [1.165, 1.54) is 10.7 Å². The molecule has 2 aromatic carbocycles. The highest BCUT2D eigenvalue weighted by molar-refractivity contribution is 5.85. The maximum Gasteiger partial charge on any atom is 0.221 e. The largest absolute Gasteiger partial charge is 0.493 e. The van der Waals surface area contributed by atoms with Crippen LogP contribution in [0.25, 0.3) is 0 Å². The van der Waals surface area contributed by atoms with Crippen LogP contribution in [-0.4, -0.2) is 23.0 Å². The number of para-hydroxylation sites is 1. The number of aromatic nitrogens is 2. The Balaban J connectivity index is 1.88. The van der Waals surface area contributed by atoms with E-state index in [4.69, 9.17) is 15.2 Å². The number of benzene rings is 2. The zero-order valence-electron chi connectivity index (χ0n) is 14.5. The zero-order valence-corrected chi connectivity index (χ0v) is 14.5. The summed E-state index contributed by atoms with van der Waals surface area (Å²) < 4.78 is 26.5. The summed E-state index contributed by atoms with van der Waals surface area (Å²) in [5.74, 6) is 0.965. The van der Waals surface area contributed by atoms with Gasteiger partial charge in [-0.2, -0.15) is 5.10 Å². The molecule has 0 unspecified atom stereocenters. The molecular formula is C19H19FN4O2. The fourth-order valence-corrected chi connectivity index (χ4v) is 2.44. The molecule has 0 fully saturated rings. The van der Waals surface area contributed by atoms with Gasteiger partial charge in [0.2, 0.25) is 5.95 Å². The van der Waals surface area contributed by atoms with Crippen molar-refractivity contribution in [3.8, 4) is 11.5 Å². The second-order valence-electron chi connectivity index (χ2n) is 5.59. The molecule has 0 radical (unpaired) electrons. The number of methoxy groups -OCH3 is 1. The van der Waals surface area contributed by atoms with E-state index in [9.17, 15) is 4.39 Å². The number of hydrogen-bond donors (Lipinski definition) is 1. The fourth-order valence-electron chi connectivity index (χ4n) is 2.44. The number of nitrogens with zero attached hydrogens (tertiary/aromatic N) is 3. The number of halogens is 1. The van der Waals surface area contributed by atoms with Crippen molar-refractivity contribution in [2.75, 3.05) is 12.8 Å². The third-order valence-electron chi connectivity index (χ3n) is 3.72. The molecule has 2 N–H and O–H groups in total.